The number of hydrogen-bond donors (Lipinski definition) is 0. The van der Waals surface area contributed by atoms with Crippen molar-refractivity contribution < 1.29 is 26.4 Å². The summed E-state index contributed by atoms with van der Waals surface area (Å²) in [5.74, 6) is -0.0975. The third kappa shape index (κ3) is 5.00. The largest absolute Gasteiger partial charge is 0.425 e. The van der Waals surface area contributed by atoms with E-state index in [0.717, 1.165) is 0 Å². The molecule has 0 saturated heterocycles. The highest BCUT2D eigenvalue weighted by Crippen LogP contribution is 2.18. The molecule has 5 nitrogen and oxygen atoms in total. The second kappa shape index (κ2) is 6.42. The van der Waals surface area contributed by atoms with Crippen LogP contribution in [0.3, 0.4) is 0 Å². The standard InChI is InChI=1S/C12H15F3N2O3S/c1-4-21(18,19)11-5-10(6-16-9(11)3)8(2)17-20-7-12(13,14)15/h5-6H,4,7H2,1-3H3/b17-8+. The molecule has 21 heavy (non-hydrogen) atoms. The maximum absolute atomic E-state index is 11.9. The van der Waals surface area contributed by atoms with E-state index in [2.05, 4.69) is 15.0 Å². The van der Waals surface area contributed by atoms with Crippen LogP contribution in [0.4, 0.5) is 13.2 Å². The molecule has 0 aliphatic rings. The minimum absolute atomic E-state index is 0.0351. The summed E-state index contributed by atoms with van der Waals surface area (Å²) in [5.41, 5.74) is 0.721. The molecule has 0 spiro atoms. The van der Waals surface area contributed by atoms with E-state index in [1.165, 1.54) is 26.1 Å². The fourth-order valence-corrected chi connectivity index (χ4v) is 2.56. The third-order valence-corrected chi connectivity index (χ3v) is 4.45. The summed E-state index contributed by atoms with van der Waals surface area (Å²) < 4.78 is 59.6. The summed E-state index contributed by atoms with van der Waals surface area (Å²) in [7, 11) is -3.47. The van der Waals surface area contributed by atoms with Gasteiger partial charge in [-0.3, -0.25) is 4.98 Å². The van der Waals surface area contributed by atoms with Gasteiger partial charge >= 0.3 is 6.18 Å². The van der Waals surface area contributed by atoms with Crippen molar-refractivity contribution in [3.05, 3.63) is 23.5 Å². The van der Waals surface area contributed by atoms with Gasteiger partial charge in [0.05, 0.1) is 22.1 Å². The first-order valence-electron chi connectivity index (χ1n) is 6.00. The van der Waals surface area contributed by atoms with E-state index < -0.39 is 22.6 Å². The summed E-state index contributed by atoms with van der Waals surface area (Å²) >= 11 is 0. The van der Waals surface area contributed by atoms with E-state index in [1.807, 2.05) is 0 Å². The van der Waals surface area contributed by atoms with E-state index in [9.17, 15) is 21.6 Å². The molecule has 0 aliphatic heterocycles. The summed E-state index contributed by atoms with van der Waals surface area (Å²) in [6.45, 7) is 2.93. The SMILES string of the molecule is CCS(=O)(=O)c1cc(/C(C)=N/OCC(F)(F)F)cnc1C. The van der Waals surface area contributed by atoms with E-state index in [4.69, 9.17) is 0 Å². The van der Waals surface area contributed by atoms with Crippen molar-refractivity contribution in [1.29, 1.82) is 0 Å². The lowest BCUT2D eigenvalue weighted by Crippen LogP contribution is -2.15. The van der Waals surface area contributed by atoms with Gasteiger partial charge < -0.3 is 4.84 Å². The van der Waals surface area contributed by atoms with E-state index in [-0.39, 0.29) is 21.9 Å². The predicted molar refractivity (Wildman–Crippen MR) is 70.9 cm³/mol. The Labute approximate surface area is 120 Å². The van der Waals surface area contributed by atoms with Crippen LogP contribution in [0.1, 0.15) is 25.1 Å². The van der Waals surface area contributed by atoms with Crippen LogP contribution < -0.4 is 0 Å². The predicted octanol–water partition coefficient (Wildman–Crippen LogP) is 2.49. The van der Waals surface area contributed by atoms with Crippen LogP contribution in [-0.2, 0) is 14.7 Å². The molecular formula is C12H15F3N2O3S. The molecule has 9 heteroatoms. The van der Waals surface area contributed by atoms with Gasteiger partial charge in [0.1, 0.15) is 0 Å². The first kappa shape index (κ1) is 17.4. The van der Waals surface area contributed by atoms with Gasteiger partial charge in [0.2, 0.25) is 6.61 Å². The van der Waals surface area contributed by atoms with Gasteiger partial charge in [0, 0.05) is 11.8 Å². The van der Waals surface area contributed by atoms with Gasteiger partial charge in [-0.15, -0.1) is 0 Å². The Morgan fingerprint density at radius 2 is 2.05 bits per heavy atom. The molecule has 1 rings (SSSR count). The van der Waals surface area contributed by atoms with Crippen molar-refractivity contribution in [2.45, 2.75) is 31.8 Å². The average Bonchev–Trinajstić information content (AvgIpc) is 2.37. The molecule has 1 heterocycles. The lowest BCUT2D eigenvalue weighted by molar-refractivity contribution is -0.173. The fraction of sp³-hybridized carbons (Fsp3) is 0.500. The lowest BCUT2D eigenvalue weighted by Gasteiger charge is -2.08. The summed E-state index contributed by atoms with van der Waals surface area (Å²) in [4.78, 5) is 8.15. The molecule has 0 N–H and O–H groups in total. The van der Waals surface area contributed by atoms with Gasteiger partial charge in [0.15, 0.2) is 9.84 Å². The number of nitrogens with zero attached hydrogens (tertiary/aromatic N) is 2. The normalized spacial score (nSPS) is 13.3. The van der Waals surface area contributed by atoms with Crippen molar-refractivity contribution >= 4 is 15.5 Å². The number of oxime groups is 1. The van der Waals surface area contributed by atoms with Crippen molar-refractivity contribution in [1.82, 2.24) is 4.98 Å². The Morgan fingerprint density at radius 3 is 2.57 bits per heavy atom. The number of halogens is 3. The molecule has 0 saturated carbocycles. The van der Waals surface area contributed by atoms with Crippen LogP contribution >= 0.6 is 0 Å². The smallest absolute Gasteiger partial charge is 0.386 e. The maximum Gasteiger partial charge on any atom is 0.425 e. The number of rotatable bonds is 5. The van der Waals surface area contributed by atoms with Crippen LogP contribution in [0.5, 0.6) is 0 Å². The number of aromatic nitrogens is 1. The molecule has 1 aromatic rings. The highest BCUT2D eigenvalue weighted by molar-refractivity contribution is 7.91. The molecule has 0 radical (unpaired) electrons. The van der Waals surface area contributed by atoms with Gasteiger partial charge in [-0.2, -0.15) is 13.2 Å². The molecule has 0 unspecified atom stereocenters. The number of aryl methyl sites for hydroxylation is 1. The molecule has 0 aromatic carbocycles. The summed E-state index contributed by atoms with van der Waals surface area (Å²) in [6.07, 6.45) is -3.15. The second-order valence-corrected chi connectivity index (χ2v) is 6.52. The molecular weight excluding hydrogens is 309 g/mol. The summed E-state index contributed by atoms with van der Waals surface area (Å²) in [6, 6.07) is 1.33. The second-order valence-electron chi connectivity index (χ2n) is 4.28. The van der Waals surface area contributed by atoms with Crippen LogP contribution in [0.15, 0.2) is 22.3 Å². The topological polar surface area (TPSA) is 68.6 Å². The molecule has 0 bridgehead atoms. The zero-order valence-electron chi connectivity index (χ0n) is 11.7. The monoisotopic (exact) mass is 324 g/mol. The Hall–Kier alpha value is -1.64. The molecule has 0 fully saturated rings. The van der Waals surface area contributed by atoms with E-state index in [1.54, 1.807) is 6.92 Å². The van der Waals surface area contributed by atoms with Gasteiger partial charge in [0.25, 0.3) is 0 Å². The molecule has 1 aromatic heterocycles. The summed E-state index contributed by atoms with van der Waals surface area (Å²) in [5, 5.41) is 3.32. The van der Waals surface area contributed by atoms with Crippen molar-refractivity contribution in [3.8, 4) is 0 Å². The molecule has 0 aliphatic carbocycles. The Balaban J connectivity index is 3.05. The maximum atomic E-state index is 11.9. The highest BCUT2D eigenvalue weighted by Gasteiger charge is 2.28. The quantitative estimate of drug-likeness (QED) is 0.616. The first-order chi connectivity index (χ1) is 9.57. The van der Waals surface area contributed by atoms with E-state index >= 15 is 0 Å². The number of pyridine rings is 1. The average molecular weight is 324 g/mol. The van der Waals surface area contributed by atoms with Crippen LogP contribution in [0.2, 0.25) is 0 Å². The van der Waals surface area contributed by atoms with Gasteiger partial charge in [-0.05, 0) is 19.9 Å². The Kier molecular flexibility index (Phi) is 5.32. The first-order valence-corrected chi connectivity index (χ1v) is 7.65. The highest BCUT2D eigenvalue weighted by atomic mass is 32.2. The number of hydrogen-bond acceptors (Lipinski definition) is 5. The Bertz CT molecular complexity index is 640. The van der Waals surface area contributed by atoms with Crippen LogP contribution in [0.25, 0.3) is 0 Å². The number of sulfone groups is 1. The van der Waals surface area contributed by atoms with E-state index in [0.29, 0.717) is 5.69 Å². The minimum Gasteiger partial charge on any atom is -0.386 e. The minimum atomic E-state index is -4.48. The van der Waals surface area contributed by atoms with Gasteiger partial charge in [-0.1, -0.05) is 12.1 Å². The Morgan fingerprint density at radius 1 is 1.43 bits per heavy atom. The van der Waals surface area contributed by atoms with Gasteiger partial charge in [-0.25, -0.2) is 8.42 Å². The van der Waals surface area contributed by atoms with Crippen molar-refractivity contribution in [2.75, 3.05) is 12.4 Å². The zero-order valence-corrected chi connectivity index (χ0v) is 12.5. The third-order valence-electron chi connectivity index (χ3n) is 2.60. The van der Waals surface area contributed by atoms with Crippen LogP contribution in [-0.4, -0.2) is 37.6 Å². The molecule has 0 atom stereocenters. The fourth-order valence-electron chi connectivity index (χ4n) is 1.44. The van der Waals surface area contributed by atoms with Crippen LogP contribution in [0, 0.1) is 6.92 Å². The lowest BCUT2D eigenvalue weighted by atomic mass is 10.2. The molecule has 118 valence electrons. The van der Waals surface area contributed by atoms with Crippen molar-refractivity contribution in [3.63, 3.8) is 0 Å². The zero-order chi connectivity index (χ0) is 16.3. The number of alkyl halides is 3. The van der Waals surface area contributed by atoms with Crippen molar-refractivity contribution in [2.24, 2.45) is 5.16 Å². The molecule has 0 amide bonds.